The van der Waals surface area contributed by atoms with E-state index < -0.39 is 0 Å². The third kappa shape index (κ3) is 4.70. The molecule has 0 spiro atoms. The lowest BCUT2D eigenvalue weighted by Crippen LogP contribution is -2.50. The minimum Gasteiger partial charge on any atom is -0.366 e. The summed E-state index contributed by atoms with van der Waals surface area (Å²) in [4.78, 5) is 4.91. The summed E-state index contributed by atoms with van der Waals surface area (Å²) in [5, 5.41) is 3.54. The highest BCUT2D eigenvalue weighted by atomic mass is 79.9. The number of anilines is 1. The van der Waals surface area contributed by atoms with Crippen LogP contribution in [-0.2, 0) is 6.54 Å². The number of halogens is 1. The third-order valence-electron chi connectivity index (χ3n) is 4.01. The van der Waals surface area contributed by atoms with Crippen LogP contribution in [0, 0.1) is 0 Å². The number of nitrogens with one attached hydrogen (secondary N) is 1. The molecule has 0 saturated carbocycles. The second-order valence-corrected chi connectivity index (χ2v) is 8.04. The van der Waals surface area contributed by atoms with Crippen molar-refractivity contribution >= 4 is 21.6 Å². The van der Waals surface area contributed by atoms with Crippen molar-refractivity contribution in [3.8, 4) is 0 Å². The van der Waals surface area contributed by atoms with Crippen molar-refractivity contribution in [3.63, 3.8) is 0 Å². The molecule has 0 amide bonds. The van der Waals surface area contributed by atoms with Crippen LogP contribution in [0.1, 0.15) is 33.3 Å². The molecule has 1 saturated heterocycles. The zero-order chi connectivity index (χ0) is 15.6. The van der Waals surface area contributed by atoms with E-state index in [0.717, 1.165) is 26.2 Å². The molecule has 1 heterocycles. The smallest absolute Gasteiger partial charge is 0.0389 e. The topological polar surface area (TPSA) is 18.5 Å². The quantitative estimate of drug-likeness (QED) is 0.897. The molecule has 0 aromatic heterocycles. The maximum absolute atomic E-state index is 3.74. The van der Waals surface area contributed by atoms with Crippen LogP contribution in [0.5, 0.6) is 0 Å². The van der Waals surface area contributed by atoms with E-state index >= 15 is 0 Å². The van der Waals surface area contributed by atoms with Crippen molar-refractivity contribution in [2.75, 3.05) is 31.6 Å². The average Bonchev–Trinajstić information content (AvgIpc) is 2.36. The molecule has 0 aliphatic carbocycles. The molecule has 21 heavy (non-hydrogen) atoms. The minimum atomic E-state index is 0.143. The summed E-state index contributed by atoms with van der Waals surface area (Å²) in [5.74, 6) is 0. The third-order valence-corrected chi connectivity index (χ3v) is 4.75. The number of benzene rings is 1. The van der Waals surface area contributed by atoms with Crippen molar-refractivity contribution in [2.24, 2.45) is 0 Å². The molecule has 1 aromatic rings. The van der Waals surface area contributed by atoms with Gasteiger partial charge in [-0.15, -0.1) is 0 Å². The molecule has 1 fully saturated rings. The van der Waals surface area contributed by atoms with Crippen molar-refractivity contribution < 1.29 is 0 Å². The SMILES string of the molecule is CC1CN(C)CCN1c1ccc(CNC(C)(C)C)c(Br)c1. The van der Waals surface area contributed by atoms with Crippen LogP contribution in [0.15, 0.2) is 22.7 Å². The van der Waals surface area contributed by atoms with Gasteiger partial charge < -0.3 is 15.1 Å². The van der Waals surface area contributed by atoms with Gasteiger partial charge in [0.05, 0.1) is 0 Å². The Morgan fingerprint density at radius 2 is 2.00 bits per heavy atom. The van der Waals surface area contributed by atoms with Gasteiger partial charge in [-0.1, -0.05) is 22.0 Å². The molecule has 1 N–H and O–H groups in total. The van der Waals surface area contributed by atoms with E-state index in [1.807, 2.05) is 0 Å². The molecule has 4 heteroatoms. The summed E-state index contributed by atoms with van der Waals surface area (Å²) in [7, 11) is 2.20. The van der Waals surface area contributed by atoms with Crippen LogP contribution in [0.3, 0.4) is 0 Å². The molecule has 1 atom stereocenters. The fourth-order valence-corrected chi connectivity index (χ4v) is 3.25. The fraction of sp³-hybridized carbons (Fsp3) is 0.647. The molecule has 118 valence electrons. The number of rotatable bonds is 3. The summed E-state index contributed by atoms with van der Waals surface area (Å²) in [6, 6.07) is 7.32. The fourth-order valence-electron chi connectivity index (χ4n) is 2.74. The average molecular weight is 354 g/mol. The van der Waals surface area contributed by atoms with Crippen LogP contribution in [0.4, 0.5) is 5.69 Å². The van der Waals surface area contributed by atoms with Crippen LogP contribution in [0.25, 0.3) is 0 Å². The highest BCUT2D eigenvalue weighted by Gasteiger charge is 2.22. The van der Waals surface area contributed by atoms with Gasteiger partial charge in [0.1, 0.15) is 0 Å². The van der Waals surface area contributed by atoms with E-state index in [1.165, 1.54) is 15.7 Å². The largest absolute Gasteiger partial charge is 0.366 e. The molecule has 1 aliphatic heterocycles. The first kappa shape index (κ1) is 16.8. The van der Waals surface area contributed by atoms with Gasteiger partial charge in [-0.25, -0.2) is 0 Å². The Balaban J connectivity index is 2.08. The molecule has 2 rings (SSSR count). The lowest BCUT2D eigenvalue weighted by atomic mass is 10.1. The lowest BCUT2D eigenvalue weighted by Gasteiger charge is -2.40. The zero-order valence-corrected chi connectivity index (χ0v) is 15.5. The van der Waals surface area contributed by atoms with Crippen molar-refractivity contribution in [3.05, 3.63) is 28.2 Å². The van der Waals surface area contributed by atoms with Crippen LogP contribution >= 0.6 is 15.9 Å². The first-order chi connectivity index (χ1) is 9.76. The van der Waals surface area contributed by atoms with E-state index in [1.54, 1.807) is 0 Å². The van der Waals surface area contributed by atoms with Crippen LogP contribution < -0.4 is 10.2 Å². The van der Waals surface area contributed by atoms with Crippen molar-refractivity contribution in [1.29, 1.82) is 0 Å². The van der Waals surface area contributed by atoms with Gasteiger partial charge in [0.25, 0.3) is 0 Å². The number of hydrogen-bond acceptors (Lipinski definition) is 3. The number of hydrogen-bond donors (Lipinski definition) is 1. The molecule has 3 nitrogen and oxygen atoms in total. The second kappa shape index (κ2) is 6.67. The summed E-state index contributed by atoms with van der Waals surface area (Å²) < 4.78 is 1.20. The van der Waals surface area contributed by atoms with Gasteiger partial charge in [0.15, 0.2) is 0 Å². The normalized spacial score (nSPS) is 20.9. The van der Waals surface area contributed by atoms with E-state index in [9.17, 15) is 0 Å². The van der Waals surface area contributed by atoms with Crippen molar-refractivity contribution in [1.82, 2.24) is 10.2 Å². The van der Waals surface area contributed by atoms with Gasteiger partial charge in [0, 0.05) is 47.9 Å². The standard InChI is InChI=1S/C17H28BrN3/c1-13-12-20(5)8-9-21(13)15-7-6-14(16(18)10-15)11-19-17(2,3)4/h6-7,10,13,19H,8-9,11-12H2,1-5H3. The zero-order valence-electron chi connectivity index (χ0n) is 13.9. The predicted molar refractivity (Wildman–Crippen MR) is 95.0 cm³/mol. The summed E-state index contributed by atoms with van der Waals surface area (Å²) in [6.07, 6.45) is 0. The first-order valence-electron chi connectivity index (χ1n) is 7.75. The first-order valence-corrected chi connectivity index (χ1v) is 8.54. The number of likely N-dealkylation sites (N-methyl/N-ethyl adjacent to an activating group) is 1. The minimum absolute atomic E-state index is 0.143. The monoisotopic (exact) mass is 353 g/mol. The molecule has 1 aromatic carbocycles. The van der Waals surface area contributed by atoms with Gasteiger partial charge >= 0.3 is 0 Å². The van der Waals surface area contributed by atoms with E-state index in [-0.39, 0.29) is 5.54 Å². The van der Waals surface area contributed by atoms with E-state index in [2.05, 4.69) is 84.0 Å². The van der Waals surface area contributed by atoms with Gasteiger partial charge in [-0.05, 0) is 52.4 Å². The molecular formula is C17H28BrN3. The molecule has 1 unspecified atom stereocenters. The van der Waals surface area contributed by atoms with Crippen LogP contribution in [0.2, 0.25) is 0 Å². The highest BCUT2D eigenvalue weighted by Crippen LogP contribution is 2.27. The molecular weight excluding hydrogens is 326 g/mol. The summed E-state index contributed by atoms with van der Waals surface area (Å²) in [5.41, 5.74) is 2.78. The van der Waals surface area contributed by atoms with Crippen molar-refractivity contribution in [2.45, 2.75) is 45.8 Å². The highest BCUT2D eigenvalue weighted by molar-refractivity contribution is 9.10. The van der Waals surface area contributed by atoms with E-state index in [4.69, 9.17) is 0 Å². The maximum Gasteiger partial charge on any atom is 0.0389 e. The van der Waals surface area contributed by atoms with Crippen LogP contribution in [-0.4, -0.2) is 43.2 Å². The predicted octanol–water partition coefficient (Wildman–Crippen LogP) is 3.48. The van der Waals surface area contributed by atoms with Gasteiger partial charge in [-0.3, -0.25) is 0 Å². The Labute approximate surface area is 137 Å². The lowest BCUT2D eigenvalue weighted by molar-refractivity contribution is 0.275. The molecule has 0 radical (unpaired) electrons. The molecule has 1 aliphatic rings. The summed E-state index contributed by atoms with van der Waals surface area (Å²) >= 11 is 3.74. The Bertz CT molecular complexity index is 481. The maximum atomic E-state index is 3.74. The second-order valence-electron chi connectivity index (χ2n) is 7.18. The summed E-state index contributed by atoms with van der Waals surface area (Å²) in [6.45, 7) is 13.1. The van der Waals surface area contributed by atoms with E-state index in [0.29, 0.717) is 6.04 Å². The Morgan fingerprint density at radius 1 is 1.29 bits per heavy atom. The Hall–Kier alpha value is -0.580. The van der Waals surface area contributed by atoms with Gasteiger partial charge in [0.2, 0.25) is 0 Å². The number of piperazine rings is 1. The Kier molecular flexibility index (Phi) is 5.33. The Morgan fingerprint density at radius 3 is 2.57 bits per heavy atom. The number of nitrogens with zero attached hydrogens (tertiary/aromatic N) is 2. The van der Waals surface area contributed by atoms with Gasteiger partial charge in [-0.2, -0.15) is 0 Å². The molecule has 0 bridgehead atoms.